The Bertz CT molecular complexity index is 2090. The summed E-state index contributed by atoms with van der Waals surface area (Å²) in [6.07, 6.45) is 0. The van der Waals surface area contributed by atoms with Crippen molar-refractivity contribution in [3.05, 3.63) is 110 Å². The van der Waals surface area contributed by atoms with Gasteiger partial charge in [-0.2, -0.15) is 0 Å². The van der Waals surface area contributed by atoms with E-state index in [1.807, 2.05) is 48.5 Å². The van der Waals surface area contributed by atoms with E-state index in [9.17, 15) is 19.2 Å². The van der Waals surface area contributed by atoms with E-state index in [-0.39, 0.29) is 29.1 Å². The SMILES string of the molecule is COc1ccc([C@@H]2c3sc(=O)n(CC(=O)Nc4cccc5ccccc45)c3S[C@H]3C(=O)N(c4ccc(Br)cc4)C(=O)[C@@H]23)cc1OC. The maximum Gasteiger partial charge on any atom is 0.308 e. The van der Waals surface area contributed by atoms with Crippen LogP contribution in [0.2, 0.25) is 0 Å². The molecule has 2 aliphatic rings. The normalized spacial score (nSPS) is 18.8. The summed E-state index contributed by atoms with van der Waals surface area (Å²) in [5, 5.41) is 4.50. The molecule has 7 rings (SSSR count). The molecule has 0 aliphatic carbocycles. The average molecular weight is 717 g/mol. The van der Waals surface area contributed by atoms with E-state index in [1.54, 1.807) is 36.4 Å². The highest BCUT2D eigenvalue weighted by molar-refractivity contribution is 9.10. The smallest absolute Gasteiger partial charge is 0.308 e. The Labute approximate surface area is 280 Å². The Kier molecular flexibility index (Phi) is 7.95. The second-order valence-corrected chi connectivity index (χ2v) is 13.9. The largest absolute Gasteiger partial charge is 0.493 e. The predicted molar refractivity (Wildman–Crippen MR) is 182 cm³/mol. The minimum absolute atomic E-state index is 0.254. The number of amides is 3. The molecule has 0 bridgehead atoms. The number of ether oxygens (including phenoxy) is 2. The summed E-state index contributed by atoms with van der Waals surface area (Å²) in [5.74, 6) is -1.57. The zero-order valence-electron chi connectivity index (χ0n) is 24.6. The molecule has 0 spiro atoms. The average Bonchev–Trinajstić information content (AvgIpc) is 3.51. The number of fused-ring (bicyclic) bond motifs is 3. The van der Waals surface area contributed by atoms with E-state index in [0.717, 1.165) is 26.6 Å². The molecule has 1 fully saturated rings. The van der Waals surface area contributed by atoms with Crippen LogP contribution in [0.4, 0.5) is 11.4 Å². The number of nitrogens with one attached hydrogen (secondary N) is 1. The number of carbonyl (C=O) groups excluding carboxylic acids is 3. The van der Waals surface area contributed by atoms with Crippen LogP contribution < -0.4 is 24.6 Å². The molecular weight excluding hydrogens is 690 g/mol. The van der Waals surface area contributed by atoms with Crippen LogP contribution in [0.25, 0.3) is 10.8 Å². The molecule has 1 N–H and O–H groups in total. The Morgan fingerprint density at radius 1 is 0.891 bits per heavy atom. The number of rotatable bonds is 7. The van der Waals surface area contributed by atoms with Gasteiger partial charge in [-0.25, -0.2) is 4.90 Å². The van der Waals surface area contributed by atoms with Gasteiger partial charge in [0, 0.05) is 26.3 Å². The number of benzene rings is 4. The van der Waals surface area contributed by atoms with Crippen LogP contribution in [0.5, 0.6) is 11.5 Å². The van der Waals surface area contributed by atoms with E-state index in [0.29, 0.717) is 38.3 Å². The monoisotopic (exact) mass is 715 g/mol. The van der Waals surface area contributed by atoms with Crippen LogP contribution in [0, 0.1) is 5.92 Å². The highest BCUT2D eigenvalue weighted by atomic mass is 79.9. The lowest BCUT2D eigenvalue weighted by Gasteiger charge is -2.31. The number of halogens is 1. The number of thiazole rings is 1. The summed E-state index contributed by atoms with van der Waals surface area (Å²) in [5.41, 5.74) is 1.80. The molecule has 0 radical (unpaired) electrons. The van der Waals surface area contributed by atoms with Gasteiger partial charge in [0.05, 0.1) is 30.9 Å². The van der Waals surface area contributed by atoms with Crippen molar-refractivity contribution in [3.8, 4) is 11.5 Å². The van der Waals surface area contributed by atoms with E-state index in [2.05, 4.69) is 21.2 Å². The molecule has 1 aromatic heterocycles. The number of hydrogen-bond acceptors (Lipinski definition) is 8. The van der Waals surface area contributed by atoms with Crippen molar-refractivity contribution in [2.24, 2.45) is 5.92 Å². The summed E-state index contributed by atoms with van der Waals surface area (Å²) in [7, 11) is 3.06. The lowest BCUT2D eigenvalue weighted by molar-refractivity contribution is -0.122. The number of aromatic nitrogens is 1. The lowest BCUT2D eigenvalue weighted by atomic mass is 9.83. The molecule has 3 heterocycles. The van der Waals surface area contributed by atoms with Gasteiger partial charge >= 0.3 is 4.87 Å². The van der Waals surface area contributed by atoms with Crippen molar-refractivity contribution in [2.45, 2.75) is 22.7 Å². The second-order valence-electron chi connectivity index (χ2n) is 10.8. The van der Waals surface area contributed by atoms with Crippen molar-refractivity contribution >= 4 is 78.9 Å². The fraction of sp³-hybridized carbons (Fsp3) is 0.176. The number of thioether (sulfide) groups is 1. The van der Waals surface area contributed by atoms with Gasteiger partial charge < -0.3 is 14.8 Å². The second kappa shape index (κ2) is 12.1. The summed E-state index contributed by atoms with van der Waals surface area (Å²) in [6, 6.07) is 25.7. The standard InChI is InChI=1S/C34H26BrN3O6S2/c1-43-24-15-10-19(16-25(24)44-2)27-28-29(32(41)38(31(28)40)21-13-11-20(35)12-14-21)45-33-30(27)46-34(42)37(33)17-26(39)36-23-9-5-7-18-6-3-4-8-22(18)23/h3-16,27-29H,17H2,1-2H3,(H,36,39)/t27-,28-,29+/m0/s1. The molecular formula is C34H26BrN3O6S2. The molecule has 0 unspecified atom stereocenters. The molecule has 3 atom stereocenters. The fourth-order valence-corrected chi connectivity index (χ4v) is 9.21. The Morgan fingerprint density at radius 2 is 1.63 bits per heavy atom. The third-order valence-corrected chi connectivity index (χ3v) is 11.4. The predicted octanol–water partition coefficient (Wildman–Crippen LogP) is 6.28. The van der Waals surface area contributed by atoms with Gasteiger partial charge in [0.15, 0.2) is 11.5 Å². The molecule has 0 saturated carbocycles. The highest BCUT2D eigenvalue weighted by Crippen LogP contribution is 2.54. The quantitative estimate of drug-likeness (QED) is 0.198. The van der Waals surface area contributed by atoms with Crippen molar-refractivity contribution < 1.29 is 23.9 Å². The zero-order valence-corrected chi connectivity index (χ0v) is 27.8. The van der Waals surface area contributed by atoms with Crippen molar-refractivity contribution in [1.82, 2.24) is 4.57 Å². The molecule has 9 nitrogen and oxygen atoms in total. The van der Waals surface area contributed by atoms with Crippen LogP contribution >= 0.6 is 39.0 Å². The third-order valence-electron chi connectivity index (χ3n) is 8.27. The lowest BCUT2D eigenvalue weighted by Crippen LogP contribution is -2.33. The van der Waals surface area contributed by atoms with Crippen molar-refractivity contribution in [3.63, 3.8) is 0 Å². The van der Waals surface area contributed by atoms with E-state index < -0.39 is 17.1 Å². The molecule has 2 aliphatic heterocycles. The van der Waals surface area contributed by atoms with Gasteiger partial charge in [-0.1, -0.05) is 81.5 Å². The molecule has 232 valence electrons. The Balaban J connectivity index is 1.30. The Morgan fingerprint density at radius 3 is 2.39 bits per heavy atom. The molecule has 5 aromatic rings. The van der Waals surface area contributed by atoms with Gasteiger partial charge in [-0.15, -0.1) is 0 Å². The maximum atomic E-state index is 14.2. The van der Waals surface area contributed by atoms with Gasteiger partial charge in [-0.05, 0) is 53.4 Å². The van der Waals surface area contributed by atoms with Crippen LogP contribution in [0.3, 0.4) is 0 Å². The van der Waals surface area contributed by atoms with Gasteiger partial charge in [-0.3, -0.25) is 23.7 Å². The zero-order chi connectivity index (χ0) is 32.1. The fourth-order valence-electron chi connectivity index (χ4n) is 6.17. The highest BCUT2D eigenvalue weighted by Gasteiger charge is 2.57. The number of hydrogen-bond donors (Lipinski definition) is 1. The minimum atomic E-state index is -0.817. The van der Waals surface area contributed by atoms with E-state index in [1.165, 1.54) is 35.4 Å². The Hall–Kier alpha value is -4.39. The molecule has 3 amide bonds. The third kappa shape index (κ3) is 5.10. The van der Waals surface area contributed by atoms with E-state index >= 15 is 0 Å². The summed E-state index contributed by atoms with van der Waals surface area (Å²) < 4.78 is 13.2. The molecule has 46 heavy (non-hydrogen) atoms. The summed E-state index contributed by atoms with van der Waals surface area (Å²) >= 11 is 5.58. The molecule has 12 heteroatoms. The number of anilines is 2. The first-order valence-electron chi connectivity index (χ1n) is 14.3. The van der Waals surface area contributed by atoms with Crippen LogP contribution in [-0.2, 0) is 20.9 Å². The van der Waals surface area contributed by atoms with Gasteiger partial charge in [0.25, 0.3) is 0 Å². The van der Waals surface area contributed by atoms with Crippen LogP contribution in [0.1, 0.15) is 16.4 Å². The first kappa shape index (κ1) is 30.3. The van der Waals surface area contributed by atoms with Crippen molar-refractivity contribution in [2.75, 3.05) is 24.4 Å². The van der Waals surface area contributed by atoms with Crippen LogP contribution in [0.15, 0.2) is 99.2 Å². The summed E-state index contributed by atoms with van der Waals surface area (Å²) in [6.45, 7) is -0.254. The summed E-state index contributed by atoms with van der Waals surface area (Å²) in [4.78, 5) is 56.7. The number of imide groups is 1. The first-order valence-corrected chi connectivity index (χ1v) is 16.8. The van der Waals surface area contributed by atoms with Crippen molar-refractivity contribution in [1.29, 1.82) is 0 Å². The maximum absolute atomic E-state index is 14.2. The first-order chi connectivity index (χ1) is 22.3. The number of nitrogens with zero attached hydrogens (tertiary/aromatic N) is 2. The number of methoxy groups -OCH3 is 2. The van der Waals surface area contributed by atoms with Gasteiger partial charge in [0.1, 0.15) is 11.8 Å². The molecule has 4 aromatic carbocycles. The minimum Gasteiger partial charge on any atom is -0.493 e. The topological polar surface area (TPSA) is 107 Å². The van der Waals surface area contributed by atoms with Crippen LogP contribution in [-0.4, -0.2) is 41.8 Å². The number of carbonyl (C=O) groups is 3. The van der Waals surface area contributed by atoms with E-state index in [4.69, 9.17) is 9.47 Å². The van der Waals surface area contributed by atoms with Gasteiger partial charge in [0.2, 0.25) is 17.7 Å². The molecule has 1 saturated heterocycles.